The summed E-state index contributed by atoms with van der Waals surface area (Å²) >= 11 is 2.15. The normalized spacial score (nSPS) is 38.9. The largest absolute Gasteiger partial charge is 0.468 e. The molecule has 3 aliphatic rings. The Balaban J connectivity index is 0.000000528. The van der Waals surface area contributed by atoms with Crippen LogP contribution in [-0.2, 0) is 6.54 Å². The molecule has 3 heteroatoms. The average Bonchev–Trinajstić information content (AvgIpc) is 3.19. The van der Waals surface area contributed by atoms with E-state index in [1.54, 1.807) is 6.26 Å². The van der Waals surface area contributed by atoms with Gasteiger partial charge in [0, 0.05) is 6.04 Å². The zero-order chi connectivity index (χ0) is 13.2. The molecule has 106 valence electrons. The summed E-state index contributed by atoms with van der Waals surface area (Å²) < 4.78 is 5.40. The summed E-state index contributed by atoms with van der Waals surface area (Å²) in [5.74, 6) is 5.25. The van der Waals surface area contributed by atoms with Gasteiger partial charge in [0.05, 0.1) is 12.8 Å². The highest BCUT2D eigenvalue weighted by Gasteiger charge is 2.53. The maximum absolute atomic E-state index is 5.40. The Hall–Kier alpha value is -0.0300. The molecule has 19 heavy (non-hydrogen) atoms. The fraction of sp³-hybridized carbons (Fsp3) is 0.750. The van der Waals surface area contributed by atoms with Crippen molar-refractivity contribution in [2.45, 2.75) is 44.7 Å². The Bertz CT molecular complexity index is 391. The number of fused-ring (bicyclic) bond motifs is 5. The van der Waals surface area contributed by atoms with Gasteiger partial charge < -0.3 is 9.73 Å². The van der Waals surface area contributed by atoms with Crippen LogP contribution in [0.15, 0.2) is 22.8 Å². The van der Waals surface area contributed by atoms with Gasteiger partial charge in [0.1, 0.15) is 5.76 Å². The average molecular weight is 373 g/mol. The van der Waals surface area contributed by atoms with Crippen molar-refractivity contribution in [1.82, 2.24) is 5.32 Å². The van der Waals surface area contributed by atoms with Crippen molar-refractivity contribution in [2.75, 3.05) is 4.93 Å². The number of furan rings is 1. The van der Waals surface area contributed by atoms with Crippen molar-refractivity contribution in [1.29, 1.82) is 0 Å². The lowest BCUT2D eigenvalue weighted by Gasteiger charge is -2.32. The summed E-state index contributed by atoms with van der Waals surface area (Å²) in [5, 5.41) is 3.73. The SMILES string of the molecule is CI.c1coc(CN[C@@H]2C[C@@H]3C[C@H]2[C@@H]2CCC[C@H]32)c1. The standard InChI is InChI=1S/C15H21NO.CH3I/c1-4-12-10-7-14(13(12)5-1)15(8-10)16-9-11-3-2-6-17-11;1-2/h2-3,6,10,12-16H,1,4-5,7-9H2;1H3/t10-,12+,13+,14-,15+;/m0./s1. The number of hydrogen-bond donors (Lipinski definition) is 1. The molecule has 1 aromatic heterocycles. The Labute approximate surface area is 129 Å². The number of nitrogens with one attached hydrogen (secondary N) is 1. The first-order valence-electron chi connectivity index (χ1n) is 7.55. The molecule has 0 amide bonds. The second kappa shape index (κ2) is 6.17. The molecule has 4 rings (SSSR count). The highest BCUT2D eigenvalue weighted by molar-refractivity contribution is 14.1. The van der Waals surface area contributed by atoms with Crippen LogP contribution in [0.25, 0.3) is 0 Å². The molecule has 3 aliphatic carbocycles. The number of halogens is 1. The summed E-state index contributed by atoms with van der Waals surface area (Å²) in [5.41, 5.74) is 0. The lowest BCUT2D eigenvalue weighted by atomic mass is 9.79. The molecule has 3 fully saturated rings. The first-order chi connectivity index (χ1) is 9.42. The Morgan fingerprint density at radius 3 is 2.84 bits per heavy atom. The van der Waals surface area contributed by atoms with Crippen LogP contribution >= 0.6 is 22.6 Å². The van der Waals surface area contributed by atoms with E-state index in [1.165, 1.54) is 32.1 Å². The Morgan fingerprint density at radius 2 is 2.05 bits per heavy atom. The Morgan fingerprint density at radius 1 is 1.21 bits per heavy atom. The molecule has 0 spiro atoms. The third kappa shape index (κ3) is 2.60. The molecule has 0 radical (unpaired) electrons. The number of alkyl halides is 1. The van der Waals surface area contributed by atoms with Crippen molar-refractivity contribution in [3.05, 3.63) is 24.2 Å². The van der Waals surface area contributed by atoms with Gasteiger partial charge in [0.25, 0.3) is 0 Å². The number of hydrogen-bond acceptors (Lipinski definition) is 2. The second-order valence-electron chi connectivity index (χ2n) is 6.22. The Kier molecular flexibility index (Phi) is 4.52. The monoisotopic (exact) mass is 373 g/mol. The van der Waals surface area contributed by atoms with Crippen LogP contribution in [0.1, 0.15) is 37.9 Å². The predicted octanol–water partition coefficient (Wildman–Crippen LogP) is 4.25. The van der Waals surface area contributed by atoms with E-state index < -0.39 is 0 Å². The summed E-state index contributed by atoms with van der Waals surface area (Å²) in [6.07, 6.45) is 9.22. The van der Waals surface area contributed by atoms with Crippen LogP contribution in [0, 0.1) is 23.7 Å². The fourth-order valence-electron chi connectivity index (χ4n) is 4.95. The molecule has 2 nitrogen and oxygen atoms in total. The van der Waals surface area contributed by atoms with E-state index in [1.807, 2.05) is 11.0 Å². The van der Waals surface area contributed by atoms with Gasteiger partial charge in [-0.2, -0.15) is 0 Å². The van der Waals surface area contributed by atoms with Crippen LogP contribution in [0.5, 0.6) is 0 Å². The minimum absolute atomic E-state index is 0.768. The summed E-state index contributed by atoms with van der Waals surface area (Å²) in [6, 6.07) is 4.81. The van der Waals surface area contributed by atoms with Gasteiger partial charge in [-0.25, -0.2) is 0 Å². The summed E-state index contributed by atoms with van der Waals surface area (Å²) in [6.45, 7) is 0.915. The van der Waals surface area contributed by atoms with E-state index in [0.717, 1.165) is 42.0 Å². The van der Waals surface area contributed by atoms with Gasteiger partial charge in [-0.1, -0.05) is 29.0 Å². The molecule has 3 saturated carbocycles. The molecule has 1 aromatic rings. The fourth-order valence-corrected chi connectivity index (χ4v) is 4.95. The molecule has 0 aliphatic heterocycles. The third-order valence-corrected chi connectivity index (χ3v) is 5.55. The van der Waals surface area contributed by atoms with Crippen molar-refractivity contribution in [3.8, 4) is 0 Å². The zero-order valence-corrected chi connectivity index (χ0v) is 13.8. The van der Waals surface area contributed by atoms with Gasteiger partial charge >= 0.3 is 0 Å². The van der Waals surface area contributed by atoms with E-state index in [2.05, 4.69) is 34.0 Å². The van der Waals surface area contributed by atoms with Crippen molar-refractivity contribution < 1.29 is 4.42 Å². The lowest BCUT2D eigenvalue weighted by molar-refractivity contribution is 0.205. The van der Waals surface area contributed by atoms with Crippen LogP contribution in [-0.4, -0.2) is 11.0 Å². The van der Waals surface area contributed by atoms with E-state index in [-0.39, 0.29) is 0 Å². The molecule has 1 N–H and O–H groups in total. The molecule has 0 aromatic carbocycles. The smallest absolute Gasteiger partial charge is 0.117 e. The molecular weight excluding hydrogens is 349 g/mol. The maximum atomic E-state index is 5.40. The first kappa shape index (κ1) is 13.9. The minimum atomic E-state index is 0.768. The highest BCUT2D eigenvalue weighted by Crippen LogP contribution is 2.58. The van der Waals surface area contributed by atoms with Crippen LogP contribution < -0.4 is 5.32 Å². The molecule has 2 bridgehead atoms. The van der Waals surface area contributed by atoms with Gasteiger partial charge in [0.2, 0.25) is 0 Å². The molecular formula is C16H24INO. The molecule has 0 unspecified atom stereocenters. The van der Waals surface area contributed by atoms with Gasteiger partial charge in [-0.05, 0) is 66.4 Å². The predicted molar refractivity (Wildman–Crippen MR) is 86.3 cm³/mol. The number of rotatable bonds is 3. The van der Waals surface area contributed by atoms with E-state index in [9.17, 15) is 0 Å². The van der Waals surface area contributed by atoms with E-state index in [0.29, 0.717) is 0 Å². The van der Waals surface area contributed by atoms with Crippen molar-refractivity contribution >= 4 is 22.6 Å². The van der Waals surface area contributed by atoms with Crippen molar-refractivity contribution in [2.24, 2.45) is 23.7 Å². The summed E-state index contributed by atoms with van der Waals surface area (Å²) in [4.78, 5) is 1.97. The third-order valence-electron chi connectivity index (χ3n) is 5.55. The van der Waals surface area contributed by atoms with Crippen LogP contribution in [0.3, 0.4) is 0 Å². The van der Waals surface area contributed by atoms with E-state index >= 15 is 0 Å². The van der Waals surface area contributed by atoms with Gasteiger partial charge in [-0.3, -0.25) is 0 Å². The topological polar surface area (TPSA) is 25.2 Å². The molecule has 0 saturated heterocycles. The maximum Gasteiger partial charge on any atom is 0.117 e. The molecule has 1 heterocycles. The van der Waals surface area contributed by atoms with Gasteiger partial charge in [0.15, 0.2) is 0 Å². The quantitative estimate of drug-likeness (QED) is 0.633. The van der Waals surface area contributed by atoms with Crippen molar-refractivity contribution in [3.63, 3.8) is 0 Å². The van der Waals surface area contributed by atoms with Gasteiger partial charge in [-0.15, -0.1) is 0 Å². The zero-order valence-electron chi connectivity index (χ0n) is 11.6. The minimum Gasteiger partial charge on any atom is -0.468 e. The summed E-state index contributed by atoms with van der Waals surface area (Å²) in [7, 11) is 0. The van der Waals surface area contributed by atoms with Crippen LogP contribution in [0.4, 0.5) is 0 Å². The molecule has 5 atom stereocenters. The first-order valence-corrected chi connectivity index (χ1v) is 9.71. The van der Waals surface area contributed by atoms with Crippen LogP contribution in [0.2, 0.25) is 0 Å². The highest BCUT2D eigenvalue weighted by atomic mass is 127. The lowest BCUT2D eigenvalue weighted by Crippen LogP contribution is -2.38. The van der Waals surface area contributed by atoms with E-state index in [4.69, 9.17) is 4.42 Å². The second-order valence-corrected chi connectivity index (χ2v) is 6.22.